The Morgan fingerprint density at radius 3 is 2.92 bits per heavy atom. The Hall–Kier alpha value is -0.120. The Balaban J connectivity index is 2.15. The van der Waals surface area contributed by atoms with Gasteiger partial charge in [-0.2, -0.15) is 0 Å². The Morgan fingerprint density at radius 2 is 2.38 bits per heavy atom. The summed E-state index contributed by atoms with van der Waals surface area (Å²) in [4.78, 5) is 2.33. The molecule has 2 unspecified atom stereocenters. The lowest BCUT2D eigenvalue weighted by atomic mass is 10.1. The summed E-state index contributed by atoms with van der Waals surface area (Å²) in [6.07, 6.45) is 3.06. The Bertz CT molecular complexity index is 141. The van der Waals surface area contributed by atoms with Crippen molar-refractivity contribution < 1.29 is 9.84 Å². The van der Waals surface area contributed by atoms with Crippen LogP contribution >= 0.6 is 0 Å². The molecule has 1 rings (SSSR count). The fourth-order valence-electron chi connectivity index (χ4n) is 1.91. The number of hydrogen-bond acceptors (Lipinski definition) is 3. The lowest BCUT2D eigenvalue weighted by Crippen LogP contribution is -2.30. The smallest absolute Gasteiger partial charge is 0.0788 e. The van der Waals surface area contributed by atoms with Gasteiger partial charge in [0.2, 0.25) is 0 Å². The highest BCUT2D eigenvalue weighted by Crippen LogP contribution is 2.19. The van der Waals surface area contributed by atoms with Gasteiger partial charge in [0.1, 0.15) is 0 Å². The zero-order valence-electron chi connectivity index (χ0n) is 8.70. The molecule has 3 nitrogen and oxygen atoms in total. The summed E-state index contributed by atoms with van der Waals surface area (Å²) in [5, 5.41) is 9.61. The number of likely N-dealkylation sites (tertiary alicyclic amines) is 1. The van der Waals surface area contributed by atoms with Gasteiger partial charge in [0.25, 0.3) is 0 Å². The first kappa shape index (κ1) is 11.0. The molecule has 0 amide bonds. The topological polar surface area (TPSA) is 32.7 Å². The summed E-state index contributed by atoms with van der Waals surface area (Å²) in [5.74, 6) is 0. The second kappa shape index (κ2) is 5.58. The second-order valence-corrected chi connectivity index (χ2v) is 3.83. The van der Waals surface area contributed by atoms with E-state index in [-0.39, 0.29) is 6.10 Å². The van der Waals surface area contributed by atoms with Gasteiger partial charge in [0.15, 0.2) is 0 Å². The molecule has 1 heterocycles. The lowest BCUT2D eigenvalue weighted by Gasteiger charge is -2.22. The SMILES string of the molecule is CCOCC(O)CC1CCCN1C. The Kier molecular flexibility index (Phi) is 4.70. The molecule has 13 heavy (non-hydrogen) atoms. The van der Waals surface area contributed by atoms with Crippen molar-refractivity contribution in [2.75, 3.05) is 26.8 Å². The minimum absolute atomic E-state index is 0.287. The Labute approximate surface area is 80.7 Å². The van der Waals surface area contributed by atoms with Crippen LogP contribution in [0.2, 0.25) is 0 Å². The van der Waals surface area contributed by atoms with E-state index in [4.69, 9.17) is 4.74 Å². The van der Waals surface area contributed by atoms with E-state index in [0.29, 0.717) is 19.3 Å². The average Bonchev–Trinajstić information content (AvgIpc) is 2.48. The zero-order valence-corrected chi connectivity index (χ0v) is 8.70. The molecule has 1 saturated heterocycles. The van der Waals surface area contributed by atoms with Gasteiger partial charge < -0.3 is 14.7 Å². The average molecular weight is 187 g/mol. The predicted octanol–water partition coefficient (Wildman–Crippen LogP) is 0.868. The molecule has 0 spiro atoms. The standard InChI is InChI=1S/C10H21NO2/c1-3-13-8-10(12)7-9-5-4-6-11(9)2/h9-10,12H,3-8H2,1-2H3. The van der Waals surface area contributed by atoms with Crippen LogP contribution in [0.3, 0.4) is 0 Å². The first-order valence-corrected chi connectivity index (χ1v) is 5.20. The molecule has 1 aliphatic rings. The van der Waals surface area contributed by atoms with Gasteiger partial charge in [0.05, 0.1) is 12.7 Å². The van der Waals surface area contributed by atoms with Crippen molar-refractivity contribution in [1.82, 2.24) is 4.90 Å². The molecular weight excluding hydrogens is 166 g/mol. The summed E-state index contributed by atoms with van der Waals surface area (Å²) in [6.45, 7) is 4.30. The van der Waals surface area contributed by atoms with Gasteiger partial charge in [-0.15, -0.1) is 0 Å². The van der Waals surface area contributed by atoms with Gasteiger partial charge >= 0.3 is 0 Å². The quantitative estimate of drug-likeness (QED) is 0.693. The van der Waals surface area contributed by atoms with Crippen LogP contribution in [0, 0.1) is 0 Å². The maximum absolute atomic E-state index is 9.61. The maximum Gasteiger partial charge on any atom is 0.0788 e. The number of aliphatic hydroxyl groups is 1. The summed E-state index contributed by atoms with van der Waals surface area (Å²) < 4.78 is 5.17. The van der Waals surface area contributed by atoms with Gasteiger partial charge in [-0.1, -0.05) is 0 Å². The van der Waals surface area contributed by atoms with E-state index in [0.717, 1.165) is 6.42 Å². The molecule has 0 aliphatic carbocycles. The summed E-state index contributed by atoms with van der Waals surface area (Å²) in [5.41, 5.74) is 0. The fraction of sp³-hybridized carbons (Fsp3) is 1.00. The monoisotopic (exact) mass is 187 g/mol. The van der Waals surface area contributed by atoms with Crippen molar-refractivity contribution in [2.45, 2.75) is 38.3 Å². The molecule has 0 saturated carbocycles. The second-order valence-electron chi connectivity index (χ2n) is 3.83. The van der Waals surface area contributed by atoms with Crippen LogP contribution in [0.15, 0.2) is 0 Å². The number of nitrogens with zero attached hydrogens (tertiary/aromatic N) is 1. The highest BCUT2D eigenvalue weighted by Gasteiger charge is 2.23. The molecule has 0 aromatic rings. The summed E-state index contributed by atoms with van der Waals surface area (Å²) in [6, 6.07) is 0.565. The third-order valence-corrected chi connectivity index (χ3v) is 2.73. The minimum Gasteiger partial charge on any atom is -0.391 e. The van der Waals surface area contributed by atoms with Crippen LogP contribution in [0.4, 0.5) is 0 Å². The number of hydrogen-bond donors (Lipinski definition) is 1. The molecule has 1 fully saturated rings. The van der Waals surface area contributed by atoms with Crippen LogP contribution in [-0.2, 0) is 4.74 Å². The van der Waals surface area contributed by atoms with E-state index in [1.807, 2.05) is 6.92 Å². The normalized spacial score (nSPS) is 26.5. The molecule has 0 radical (unpaired) electrons. The first-order chi connectivity index (χ1) is 6.24. The lowest BCUT2D eigenvalue weighted by molar-refractivity contribution is 0.0267. The molecule has 1 aliphatic heterocycles. The highest BCUT2D eigenvalue weighted by molar-refractivity contribution is 4.78. The van der Waals surface area contributed by atoms with Crippen molar-refractivity contribution in [2.24, 2.45) is 0 Å². The van der Waals surface area contributed by atoms with E-state index in [9.17, 15) is 5.11 Å². The van der Waals surface area contributed by atoms with Crippen LogP contribution in [0.5, 0.6) is 0 Å². The van der Waals surface area contributed by atoms with E-state index in [2.05, 4.69) is 11.9 Å². The number of rotatable bonds is 5. The molecule has 3 heteroatoms. The van der Waals surface area contributed by atoms with Crippen LogP contribution < -0.4 is 0 Å². The van der Waals surface area contributed by atoms with E-state index >= 15 is 0 Å². The fourth-order valence-corrected chi connectivity index (χ4v) is 1.91. The minimum atomic E-state index is -0.287. The summed E-state index contributed by atoms with van der Waals surface area (Å²) >= 11 is 0. The van der Waals surface area contributed by atoms with E-state index in [1.165, 1.54) is 19.4 Å². The van der Waals surface area contributed by atoms with E-state index in [1.54, 1.807) is 0 Å². The Morgan fingerprint density at radius 1 is 1.62 bits per heavy atom. The number of ether oxygens (including phenoxy) is 1. The van der Waals surface area contributed by atoms with Gasteiger partial charge in [-0.05, 0) is 39.8 Å². The van der Waals surface area contributed by atoms with Crippen molar-refractivity contribution in [1.29, 1.82) is 0 Å². The largest absolute Gasteiger partial charge is 0.391 e. The molecule has 2 atom stereocenters. The molecule has 0 bridgehead atoms. The van der Waals surface area contributed by atoms with Crippen molar-refractivity contribution in [3.05, 3.63) is 0 Å². The highest BCUT2D eigenvalue weighted by atomic mass is 16.5. The predicted molar refractivity (Wildman–Crippen MR) is 52.8 cm³/mol. The maximum atomic E-state index is 9.61. The van der Waals surface area contributed by atoms with Crippen molar-refractivity contribution in [3.63, 3.8) is 0 Å². The van der Waals surface area contributed by atoms with Crippen molar-refractivity contribution in [3.8, 4) is 0 Å². The van der Waals surface area contributed by atoms with Gasteiger partial charge in [-0.25, -0.2) is 0 Å². The van der Waals surface area contributed by atoms with E-state index < -0.39 is 0 Å². The van der Waals surface area contributed by atoms with Crippen molar-refractivity contribution >= 4 is 0 Å². The first-order valence-electron chi connectivity index (χ1n) is 5.20. The molecule has 0 aromatic carbocycles. The van der Waals surface area contributed by atoms with Gasteiger partial charge in [0, 0.05) is 12.6 Å². The molecule has 78 valence electrons. The third kappa shape index (κ3) is 3.63. The molecule has 0 aromatic heterocycles. The molecular formula is C10H21NO2. The van der Waals surface area contributed by atoms with Crippen LogP contribution in [0.1, 0.15) is 26.2 Å². The molecule has 1 N–H and O–H groups in total. The van der Waals surface area contributed by atoms with Crippen LogP contribution in [-0.4, -0.2) is 49.0 Å². The number of aliphatic hydroxyl groups excluding tert-OH is 1. The zero-order chi connectivity index (χ0) is 9.68. The third-order valence-electron chi connectivity index (χ3n) is 2.73. The van der Waals surface area contributed by atoms with Crippen LogP contribution in [0.25, 0.3) is 0 Å². The van der Waals surface area contributed by atoms with Gasteiger partial charge in [-0.3, -0.25) is 0 Å². The summed E-state index contributed by atoms with van der Waals surface area (Å²) in [7, 11) is 2.13.